The van der Waals surface area contributed by atoms with E-state index in [2.05, 4.69) is 22.9 Å². The van der Waals surface area contributed by atoms with Crippen LogP contribution < -0.4 is 20.0 Å². The molecule has 0 spiro atoms. The summed E-state index contributed by atoms with van der Waals surface area (Å²) >= 11 is 0. The topological polar surface area (TPSA) is 151 Å². The second-order valence-corrected chi connectivity index (χ2v) is 15.7. The Morgan fingerprint density at radius 2 is 1.75 bits per heavy atom. The predicted octanol–water partition coefficient (Wildman–Crippen LogP) is 2.36. The van der Waals surface area contributed by atoms with Crippen LogP contribution in [0.4, 0.5) is 10.1 Å². The van der Waals surface area contributed by atoms with Gasteiger partial charge < -0.3 is 28.4 Å². The SMILES string of the molecule is COC[C@H]1CN(c2cc(C)c3c4c(c(=O)oc3c2C)CN(C(=O)c2ccc(C(=O)NS(=O)(=O)N3C5CCC3COC5)c(OC)c2F)CC4)CCN1C. The fourth-order valence-electron chi connectivity index (χ4n) is 8.27. The Morgan fingerprint density at radius 3 is 2.44 bits per heavy atom. The van der Waals surface area contributed by atoms with E-state index < -0.39 is 39.2 Å². The molecule has 1 aromatic heterocycles. The standard InChI is InChI=1S/C36H44FN5O9S/c1-20-14-29(40-13-12-39(3)24(15-40)17-48-4)21(2)32-30(20)25-10-11-41(16-28(25)36(45)51-32)35(44)26-8-9-27(33(49-5)31(26)37)34(43)38-52(46,47)42-22-6-7-23(42)19-50-18-22/h8-9,14,22-24H,6-7,10-13,15-19H2,1-5H3,(H,38,43)/t22?,23?,24-/m1/s1. The maximum absolute atomic E-state index is 16.0. The monoisotopic (exact) mass is 741 g/mol. The van der Waals surface area contributed by atoms with Crippen molar-refractivity contribution in [1.29, 1.82) is 0 Å². The van der Waals surface area contributed by atoms with Crippen molar-refractivity contribution >= 4 is 38.7 Å². The second-order valence-electron chi connectivity index (χ2n) is 14.1. The summed E-state index contributed by atoms with van der Waals surface area (Å²) in [7, 11) is 0.649. The minimum absolute atomic E-state index is 0.103. The van der Waals surface area contributed by atoms with Crippen molar-refractivity contribution < 1.29 is 41.0 Å². The number of fused-ring (bicyclic) bond motifs is 5. The molecule has 14 nitrogen and oxygen atoms in total. The summed E-state index contributed by atoms with van der Waals surface area (Å²) in [5.74, 6) is -3.49. The highest BCUT2D eigenvalue weighted by Gasteiger charge is 2.45. The third-order valence-electron chi connectivity index (χ3n) is 11.0. The number of aryl methyl sites for hydroxylation is 2. The average molecular weight is 742 g/mol. The Kier molecular flexibility index (Phi) is 9.80. The molecule has 2 aromatic carbocycles. The number of hydrogen-bond donors (Lipinski definition) is 1. The highest BCUT2D eigenvalue weighted by atomic mass is 32.2. The van der Waals surface area contributed by atoms with Crippen LogP contribution in [-0.4, -0.2) is 120 Å². The number of ether oxygens (including phenoxy) is 3. The summed E-state index contributed by atoms with van der Waals surface area (Å²) in [5.41, 5.74) is 3.14. The van der Waals surface area contributed by atoms with E-state index >= 15 is 4.39 Å². The number of benzene rings is 2. The van der Waals surface area contributed by atoms with Crippen molar-refractivity contribution in [3.8, 4) is 5.75 Å². The molecule has 1 N–H and O–H groups in total. The smallest absolute Gasteiger partial charge is 0.341 e. The summed E-state index contributed by atoms with van der Waals surface area (Å²) in [6, 6.07) is 3.86. The molecular formula is C36H44FN5O9S. The molecule has 3 saturated heterocycles. The summed E-state index contributed by atoms with van der Waals surface area (Å²) in [5, 5.41) is 0.841. The molecule has 3 aromatic rings. The number of carbonyl (C=O) groups is 2. The van der Waals surface area contributed by atoms with Gasteiger partial charge in [0.15, 0.2) is 11.6 Å². The largest absolute Gasteiger partial charge is 0.493 e. The number of methoxy groups -OCH3 is 2. The van der Waals surface area contributed by atoms with Gasteiger partial charge in [0.25, 0.3) is 11.8 Å². The molecule has 3 atom stereocenters. The quantitative estimate of drug-likeness (QED) is 0.339. The fraction of sp³-hybridized carbons (Fsp3) is 0.528. The molecule has 0 saturated carbocycles. The lowest BCUT2D eigenvalue weighted by Crippen LogP contribution is -2.54. The zero-order chi connectivity index (χ0) is 37.1. The zero-order valence-corrected chi connectivity index (χ0v) is 30.8. The first kappa shape index (κ1) is 36.3. The van der Waals surface area contributed by atoms with Crippen LogP contribution in [0, 0.1) is 19.7 Å². The van der Waals surface area contributed by atoms with Crippen LogP contribution in [0.3, 0.4) is 0 Å². The van der Waals surface area contributed by atoms with Gasteiger partial charge in [-0.2, -0.15) is 12.7 Å². The molecular weight excluding hydrogens is 697 g/mol. The molecule has 0 aliphatic carbocycles. The number of nitrogens with one attached hydrogen (secondary N) is 1. The van der Waals surface area contributed by atoms with Gasteiger partial charge in [0.2, 0.25) is 0 Å². The molecule has 280 valence electrons. The lowest BCUT2D eigenvalue weighted by Gasteiger charge is -2.41. The van der Waals surface area contributed by atoms with Gasteiger partial charge in [-0.25, -0.2) is 13.9 Å². The fourth-order valence-corrected chi connectivity index (χ4v) is 9.84. The van der Waals surface area contributed by atoms with E-state index in [0.29, 0.717) is 37.0 Å². The lowest BCUT2D eigenvalue weighted by atomic mass is 9.92. The first-order chi connectivity index (χ1) is 24.8. The number of likely N-dealkylation sites (N-methyl/N-ethyl adjacent to an activating group) is 1. The number of amides is 2. The van der Waals surface area contributed by atoms with Crippen LogP contribution in [0.15, 0.2) is 27.4 Å². The van der Waals surface area contributed by atoms with E-state index in [1.54, 1.807) is 7.11 Å². The number of morpholine rings is 1. The number of nitrogens with zero attached hydrogens (tertiary/aromatic N) is 4. The molecule has 3 fully saturated rings. The predicted molar refractivity (Wildman–Crippen MR) is 190 cm³/mol. The third-order valence-corrected chi connectivity index (χ3v) is 12.6. The van der Waals surface area contributed by atoms with Gasteiger partial charge in [0, 0.05) is 49.9 Å². The van der Waals surface area contributed by atoms with Gasteiger partial charge in [0.05, 0.1) is 68.3 Å². The number of rotatable bonds is 8. The van der Waals surface area contributed by atoms with Gasteiger partial charge in [0.1, 0.15) is 5.58 Å². The highest BCUT2D eigenvalue weighted by Crippen LogP contribution is 2.37. The molecule has 5 heterocycles. The summed E-state index contributed by atoms with van der Waals surface area (Å²) < 4.78 is 67.7. The Morgan fingerprint density at radius 1 is 1.04 bits per heavy atom. The van der Waals surface area contributed by atoms with Gasteiger partial charge in [-0.3, -0.25) is 14.5 Å². The number of piperazine rings is 1. The van der Waals surface area contributed by atoms with Crippen LogP contribution in [0.5, 0.6) is 5.75 Å². The van der Waals surface area contributed by atoms with Crippen LogP contribution in [-0.2, 0) is 32.6 Å². The molecule has 52 heavy (non-hydrogen) atoms. The zero-order valence-electron chi connectivity index (χ0n) is 30.0. The van der Waals surface area contributed by atoms with Crippen molar-refractivity contribution in [3.05, 3.63) is 67.8 Å². The second kappa shape index (κ2) is 14.0. The molecule has 4 aliphatic rings. The number of anilines is 1. The van der Waals surface area contributed by atoms with E-state index in [0.717, 1.165) is 66.6 Å². The highest BCUT2D eigenvalue weighted by molar-refractivity contribution is 7.87. The maximum atomic E-state index is 16.0. The first-order valence-electron chi connectivity index (χ1n) is 17.5. The van der Waals surface area contributed by atoms with Crippen molar-refractivity contribution in [1.82, 2.24) is 18.8 Å². The first-order valence-corrected chi connectivity index (χ1v) is 18.9. The Hall–Kier alpha value is -4.09. The minimum Gasteiger partial charge on any atom is -0.493 e. The molecule has 0 radical (unpaired) electrons. The van der Waals surface area contributed by atoms with Crippen molar-refractivity contribution in [2.24, 2.45) is 0 Å². The number of hydrogen-bond acceptors (Lipinski definition) is 11. The van der Waals surface area contributed by atoms with E-state index in [1.165, 1.54) is 9.21 Å². The number of carbonyl (C=O) groups excluding carboxylic acids is 2. The van der Waals surface area contributed by atoms with Crippen molar-refractivity contribution in [3.63, 3.8) is 0 Å². The van der Waals surface area contributed by atoms with Gasteiger partial charge in [-0.1, -0.05) is 0 Å². The molecule has 2 unspecified atom stereocenters. The van der Waals surface area contributed by atoms with Crippen molar-refractivity contribution in [2.75, 3.05) is 72.2 Å². The Bertz CT molecular complexity index is 2090. The molecule has 4 aliphatic heterocycles. The van der Waals surface area contributed by atoms with Crippen LogP contribution in [0.25, 0.3) is 11.0 Å². The Labute approximate surface area is 301 Å². The van der Waals surface area contributed by atoms with Gasteiger partial charge in [-0.15, -0.1) is 0 Å². The van der Waals surface area contributed by atoms with E-state index in [1.807, 2.05) is 18.6 Å². The summed E-state index contributed by atoms with van der Waals surface area (Å²) in [6.45, 7) is 7.55. The normalized spacial score (nSPS) is 22.5. The summed E-state index contributed by atoms with van der Waals surface area (Å²) in [4.78, 5) is 46.5. The molecule has 7 rings (SSSR count). The number of halogens is 1. The van der Waals surface area contributed by atoms with Crippen LogP contribution in [0.2, 0.25) is 0 Å². The van der Waals surface area contributed by atoms with E-state index in [4.69, 9.17) is 18.6 Å². The Balaban J connectivity index is 1.13. The third kappa shape index (κ3) is 6.23. The molecule has 16 heteroatoms. The van der Waals surface area contributed by atoms with Gasteiger partial charge >= 0.3 is 15.8 Å². The summed E-state index contributed by atoms with van der Waals surface area (Å²) in [6.07, 6.45) is 1.56. The van der Waals surface area contributed by atoms with E-state index in [-0.39, 0.29) is 55.6 Å². The maximum Gasteiger partial charge on any atom is 0.341 e. The van der Waals surface area contributed by atoms with Gasteiger partial charge in [-0.05, 0) is 69.5 Å². The van der Waals surface area contributed by atoms with E-state index in [9.17, 15) is 22.8 Å². The van der Waals surface area contributed by atoms with Crippen LogP contribution >= 0.6 is 0 Å². The lowest BCUT2D eigenvalue weighted by molar-refractivity contribution is 0.0263. The average Bonchev–Trinajstić information content (AvgIpc) is 3.39. The minimum atomic E-state index is -4.26. The molecule has 2 bridgehead atoms. The van der Waals surface area contributed by atoms with Crippen LogP contribution in [0.1, 0.15) is 55.8 Å². The van der Waals surface area contributed by atoms with Crippen molar-refractivity contribution in [2.45, 2.75) is 57.8 Å². The molecule has 2 amide bonds.